The number of hydrogen-bond donors (Lipinski definition) is 0. The van der Waals surface area contributed by atoms with Gasteiger partial charge < -0.3 is 4.84 Å². The topological polar surface area (TPSA) is 98.9 Å². The Morgan fingerprint density at radius 1 is 0.886 bits per heavy atom. The van der Waals surface area contributed by atoms with Crippen LogP contribution in [-0.2, 0) is 15.0 Å². The van der Waals surface area contributed by atoms with E-state index in [1.54, 1.807) is 6.07 Å². The van der Waals surface area contributed by atoms with Gasteiger partial charge in [-0.05, 0) is 58.0 Å². The Bertz CT molecular complexity index is 1380. The number of hydrogen-bond acceptors (Lipinski definition) is 6. The third-order valence-electron chi connectivity index (χ3n) is 6.39. The fourth-order valence-electron chi connectivity index (χ4n) is 4.54. The van der Waals surface area contributed by atoms with Crippen molar-refractivity contribution in [2.45, 2.75) is 40.0 Å². The summed E-state index contributed by atoms with van der Waals surface area (Å²) in [6, 6.07) is 17.4. The van der Waals surface area contributed by atoms with Gasteiger partial charge in [-0.15, -0.1) is 0 Å². The Morgan fingerprint density at radius 3 is 1.91 bits per heavy atom. The predicted octanol–water partition coefficient (Wildman–Crippen LogP) is 6.06. The Labute approximate surface area is 203 Å². The van der Waals surface area contributed by atoms with Gasteiger partial charge in [-0.3, -0.25) is 14.9 Å². The molecule has 35 heavy (non-hydrogen) atoms. The van der Waals surface area contributed by atoms with Gasteiger partial charge in [0.05, 0.1) is 10.6 Å². The Hall–Kier alpha value is -4.13. The highest BCUT2D eigenvalue weighted by Gasteiger charge is 2.36. The van der Waals surface area contributed by atoms with Crippen LogP contribution >= 0.6 is 0 Å². The van der Waals surface area contributed by atoms with E-state index in [4.69, 9.17) is 4.84 Å². The zero-order valence-corrected chi connectivity index (χ0v) is 20.3. The lowest BCUT2D eigenvalue weighted by atomic mass is 9.80. The molecule has 0 bridgehead atoms. The highest BCUT2D eigenvalue weighted by Crippen LogP contribution is 2.49. The molecule has 0 heterocycles. The number of fused-ring (bicyclic) bond motifs is 3. The molecule has 0 unspecified atom stereocenters. The molecule has 0 aliphatic heterocycles. The summed E-state index contributed by atoms with van der Waals surface area (Å²) in [6.07, 6.45) is 0. The summed E-state index contributed by atoms with van der Waals surface area (Å²) in [4.78, 5) is 39.8. The molecule has 0 N–H and O–H groups in total. The van der Waals surface area contributed by atoms with Crippen molar-refractivity contribution in [2.75, 3.05) is 0 Å². The van der Waals surface area contributed by atoms with Crippen LogP contribution in [0.3, 0.4) is 0 Å². The second-order valence-corrected chi connectivity index (χ2v) is 9.49. The fourth-order valence-corrected chi connectivity index (χ4v) is 4.54. The lowest BCUT2D eigenvalue weighted by Gasteiger charge is -2.23. The van der Waals surface area contributed by atoms with E-state index >= 15 is 0 Å². The number of ketones is 1. The van der Waals surface area contributed by atoms with Gasteiger partial charge in [0.25, 0.3) is 5.69 Å². The first-order chi connectivity index (χ1) is 16.5. The van der Waals surface area contributed by atoms with Crippen molar-refractivity contribution >= 4 is 23.2 Å². The van der Waals surface area contributed by atoms with Crippen LogP contribution in [-0.4, -0.2) is 22.4 Å². The van der Waals surface area contributed by atoms with Crippen molar-refractivity contribution in [1.82, 2.24) is 0 Å². The number of nitrogens with zero attached hydrogens (tertiary/aromatic N) is 2. The summed E-state index contributed by atoms with van der Waals surface area (Å²) in [5.41, 5.74) is 6.32. The maximum atomic E-state index is 13.1. The van der Waals surface area contributed by atoms with E-state index in [9.17, 15) is 19.7 Å². The average Bonchev–Trinajstić information content (AvgIpc) is 3.04. The molecule has 4 rings (SSSR count). The Kier molecular flexibility index (Phi) is 6.11. The van der Waals surface area contributed by atoms with Crippen LogP contribution in [0.5, 0.6) is 0 Å². The van der Waals surface area contributed by atoms with E-state index in [-0.39, 0.29) is 22.8 Å². The van der Waals surface area contributed by atoms with Crippen molar-refractivity contribution in [3.8, 4) is 11.1 Å². The van der Waals surface area contributed by atoms with Gasteiger partial charge in [0.15, 0.2) is 5.78 Å². The molecule has 7 nitrogen and oxygen atoms in total. The first kappa shape index (κ1) is 24.0. The molecular weight excluding hydrogens is 444 g/mol. The maximum Gasteiger partial charge on any atom is 0.331 e. The molecule has 0 spiro atoms. The van der Waals surface area contributed by atoms with E-state index in [2.05, 4.69) is 25.1 Å². The molecule has 1 aliphatic carbocycles. The molecule has 7 heteroatoms. The number of carbonyl (C=O) groups is 2. The summed E-state index contributed by atoms with van der Waals surface area (Å²) in [5, 5.41) is 15.0. The van der Waals surface area contributed by atoms with Gasteiger partial charge in [-0.2, -0.15) is 0 Å². The zero-order chi connectivity index (χ0) is 25.5. The van der Waals surface area contributed by atoms with Crippen LogP contribution in [0.4, 0.5) is 5.69 Å². The summed E-state index contributed by atoms with van der Waals surface area (Å²) in [5.74, 6) is -0.613. The van der Waals surface area contributed by atoms with E-state index < -0.39 is 10.9 Å². The fraction of sp³-hybridized carbons (Fsp3) is 0.250. The maximum absolute atomic E-state index is 13.1. The minimum absolute atomic E-state index is 0.0465. The van der Waals surface area contributed by atoms with Crippen molar-refractivity contribution in [1.29, 1.82) is 0 Å². The zero-order valence-electron chi connectivity index (χ0n) is 20.3. The number of rotatable bonds is 6. The highest BCUT2D eigenvalue weighted by molar-refractivity contribution is 6.10. The van der Waals surface area contributed by atoms with E-state index in [0.717, 1.165) is 27.8 Å². The molecule has 3 aromatic rings. The highest BCUT2D eigenvalue weighted by atomic mass is 16.7. The average molecular weight is 471 g/mol. The third kappa shape index (κ3) is 4.37. The number of nitro benzene ring substituents is 1. The minimum atomic E-state index is -0.487. The molecule has 0 atom stereocenters. The standard InChI is InChI=1S/C28H26N2O5/c1-16(2)26(29-35-17(3)31)19-8-12-22-23-13-9-20(15-25(23)28(4,5)24(22)14-19)27(32)18-6-10-21(11-7-18)30(33)34/h6-16H,1-5H3/b29-26+. The van der Waals surface area contributed by atoms with Crippen LogP contribution in [0.2, 0.25) is 0 Å². The molecule has 0 aromatic heterocycles. The largest absolute Gasteiger partial charge is 0.331 e. The lowest BCUT2D eigenvalue weighted by Crippen LogP contribution is -2.18. The second-order valence-electron chi connectivity index (χ2n) is 9.49. The van der Waals surface area contributed by atoms with E-state index in [0.29, 0.717) is 16.8 Å². The molecule has 3 aromatic carbocycles. The first-order valence-electron chi connectivity index (χ1n) is 11.3. The predicted molar refractivity (Wildman–Crippen MR) is 134 cm³/mol. The number of benzene rings is 3. The summed E-state index contributed by atoms with van der Waals surface area (Å²) < 4.78 is 0. The van der Waals surface area contributed by atoms with Crippen LogP contribution in [0.1, 0.15) is 67.2 Å². The summed E-state index contributed by atoms with van der Waals surface area (Å²) in [7, 11) is 0. The molecule has 0 amide bonds. The third-order valence-corrected chi connectivity index (χ3v) is 6.39. The molecule has 0 radical (unpaired) electrons. The monoisotopic (exact) mass is 470 g/mol. The van der Waals surface area contributed by atoms with Gasteiger partial charge in [0.1, 0.15) is 0 Å². The van der Waals surface area contributed by atoms with Crippen molar-refractivity contribution in [3.63, 3.8) is 0 Å². The van der Waals surface area contributed by atoms with Crippen molar-refractivity contribution in [2.24, 2.45) is 11.1 Å². The first-order valence-corrected chi connectivity index (χ1v) is 11.3. The lowest BCUT2D eigenvalue weighted by molar-refractivity contribution is -0.384. The van der Waals surface area contributed by atoms with Gasteiger partial charge >= 0.3 is 5.97 Å². The van der Waals surface area contributed by atoms with Crippen LogP contribution in [0, 0.1) is 16.0 Å². The molecule has 0 fully saturated rings. The van der Waals surface area contributed by atoms with Crippen molar-refractivity contribution < 1.29 is 19.3 Å². The number of nitro groups is 1. The molecular formula is C28H26N2O5. The summed E-state index contributed by atoms with van der Waals surface area (Å²) >= 11 is 0. The molecule has 178 valence electrons. The Morgan fingerprint density at radius 2 is 1.40 bits per heavy atom. The molecule has 0 saturated heterocycles. The molecule has 1 aliphatic rings. The molecule has 0 saturated carbocycles. The quantitative estimate of drug-likeness (QED) is 0.143. The van der Waals surface area contributed by atoms with Gasteiger partial charge in [0, 0.05) is 35.6 Å². The van der Waals surface area contributed by atoms with Gasteiger partial charge in [-0.25, -0.2) is 4.79 Å². The van der Waals surface area contributed by atoms with Gasteiger partial charge in [-0.1, -0.05) is 57.1 Å². The van der Waals surface area contributed by atoms with Crippen LogP contribution < -0.4 is 0 Å². The minimum Gasteiger partial charge on any atom is -0.318 e. The summed E-state index contributed by atoms with van der Waals surface area (Å²) in [6.45, 7) is 9.52. The number of oxime groups is 1. The smallest absolute Gasteiger partial charge is 0.318 e. The number of carbonyl (C=O) groups excluding carboxylic acids is 2. The van der Waals surface area contributed by atoms with Crippen LogP contribution in [0.25, 0.3) is 11.1 Å². The second kappa shape index (κ2) is 8.91. The van der Waals surface area contributed by atoms with Crippen molar-refractivity contribution in [3.05, 3.63) is 98.6 Å². The van der Waals surface area contributed by atoms with E-state index in [1.807, 2.05) is 38.1 Å². The number of non-ortho nitro benzene ring substituents is 1. The normalized spacial score (nSPS) is 13.8. The van der Waals surface area contributed by atoms with Gasteiger partial charge in [0.2, 0.25) is 0 Å². The SMILES string of the molecule is CC(=O)O/N=C(/c1ccc2c(c1)C(C)(C)c1cc(C(=O)c3ccc([N+](=O)[O-])cc3)ccc1-2)C(C)C. The Balaban J connectivity index is 1.72. The van der Waals surface area contributed by atoms with E-state index in [1.165, 1.54) is 31.2 Å². The van der Waals surface area contributed by atoms with Crippen LogP contribution in [0.15, 0.2) is 65.8 Å².